The Kier molecular flexibility index (Phi) is 4.94. The molecule has 4 aromatic rings. The maximum atomic E-state index is 8.95. The number of aliphatic hydroxyl groups excluding tert-OH is 1. The smallest absolute Gasteiger partial charge is 0.120 e. The Morgan fingerprint density at radius 1 is 0.828 bits per heavy atom. The van der Waals surface area contributed by atoms with Crippen molar-refractivity contribution in [3.63, 3.8) is 0 Å². The fraction of sp³-hybridized carbons (Fsp3) is 0.120. The van der Waals surface area contributed by atoms with Crippen LogP contribution in [0.1, 0.15) is 11.1 Å². The Hall–Kier alpha value is -2.14. The van der Waals surface area contributed by atoms with Crippen LogP contribution in [0, 0.1) is 0 Å². The molecule has 0 saturated heterocycles. The number of ether oxygens (including phenoxy) is 1. The molecule has 0 fully saturated rings. The molecule has 0 atom stereocenters. The van der Waals surface area contributed by atoms with E-state index in [1.807, 2.05) is 12.1 Å². The van der Waals surface area contributed by atoms with E-state index in [2.05, 4.69) is 86.5 Å². The van der Waals surface area contributed by atoms with Crippen LogP contribution in [0.2, 0.25) is 0 Å². The van der Waals surface area contributed by atoms with E-state index in [-0.39, 0.29) is 6.61 Å². The highest BCUT2D eigenvalue weighted by atomic mass is 79.9. The summed E-state index contributed by atoms with van der Waals surface area (Å²) in [6.07, 6.45) is 0.935. The van der Waals surface area contributed by atoms with Gasteiger partial charge in [0.15, 0.2) is 0 Å². The first kappa shape index (κ1) is 18.9. The number of hydrogen-bond acceptors (Lipinski definition) is 2. The lowest BCUT2D eigenvalue weighted by atomic mass is 9.94. The van der Waals surface area contributed by atoms with Crippen LogP contribution in [0.25, 0.3) is 33.0 Å². The Balaban J connectivity index is 1.60. The molecule has 4 aromatic carbocycles. The lowest BCUT2D eigenvalue weighted by molar-refractivity contribution is 0.201. The standard InChI is InChI=1S/C25H18Br2O2/c26-19-4-6-21-18(12-19)14-23-22(21)7-8-24(27)25(23)17-2-1-16-13-20(29-10-9-28)5-3-15(16)11-17/h1-8,11-13,28H,9-10,14H2. The summed E-state index contributed by atoms with van der Waals surface area (Å²) in [6.45, 7) is 0.326. The second-order valence-corrected chi connectivity index (χ2v) is 8.99. The number of rotatable bonds is 4. The topological polar surface area (TPSA) is 29.5 Å². The van der Waals surface area contributed by atoms with E-state index in [0.29, 0.717) is 6.61 Å². The molecular weight excluding hydrogens is 492 g/mol. The summed E-state index contributed by atoms with van der Waals surface area (Å²) in [6, 6.07) is 23.5. The minimum absolute atomic E-state index is 0.0169. The summed E-state index contributed by atoms with van der Waals surface area (Å²) in [5, 5.41) is 11.2. The van der Waals surface area contributed by atoms with Crippen molar-refractivity contribution in [3.8, 4) is 28.0 Å². The van der Waals surface area contributed by atoms with Gasteiger partial charge in [0.25, 0.3) is 0 Å². The van der Waals surface area contributed by atoms with Crippen molar-refractivity contribution in [3.05, 3.63) is 86.8 Å². The Morgan fingerprint density at radius 2 is 1.62 bits per heavy atom. The zero-order chi connectivity index (χ0) is 20.0. The minimum Gasteiger partial charge on any atom is -0.491 e. The van der Waals surface area contributed by atoms with Gasteiger partial charge in [-0.1, -0.05) is 62.2 Å². The third kappa shape index (κ3) is 3.39. The molecule has 1 aliphatic rings. The van der Waals surface area contributed by atoms with Crippen LogP contribution >= 0.6 is 31.9 Å². The zero-order valence-electron chi connectivity index (χ0n) is 15.6. The monoisotopic (exact) mass is 508 g/mol. The third-order valence-electron chi connectivity index (χ3n) is 5.45. The average Bonchev–Trinajstić information content (AvgIpc) is 3.09. The lowest BCUT2D eigenvalue weighted by Gasteiger charge is -2.13. The quantitative estimate of drug-likeness (QED) is 0.283. The Labute approximate surface area is 186 Å². The second-order valence-electron chi connectivity index (χ2n) is 7.22. The van der Waals surface area contributed by atoms with Crippen LogP contribution in [0.15, 0.2) is 75.7 Å². The van der Waals surface area contributed by atoms with Crippen molar-refractivity contribution < 1.29 is 9.84 Å². The predicted octanol–water partition coefficient (Wildman–Crippen LogP) is 6.97. The molecule has 0 aliphatic heterocycles. The van der Waals surface area contributed by atoms with Crippen molar-refractivity contribution in [2.24, 2.45) is 0 Å². The number of benzene rings is 4. The van der Waals surface area contributed by atoms with Crippen LogP contribution in [0.4, 0.5) is 0 Å². The molecule has 0 saturated carbocycles. The van der Waals surface area contributed by atoms with Gasteiger partial charge >= 0.3 is 0 Å². The van der Waals surface area contributed by atoms with Crippen molar-refractivity contribution in [2.75, 3.05) is 13.2 Å². The molecule has 0 heterocycles. The first-order valence-corrected chi connectivity index (χ1v) is 11.1. The van der Waals surface area contributed by atoms with E-state index in [0.717, 1.165) is 26.5 Å². The summed E-state index contributed by atoms with van der Waals surface area (Å²) in [5.74, 6) is 0.780. The van der Waals surface area contributed by atoms with Gasteiger partial charge in [-0.3, -0.25) is 0 Å². The van der Waals surface area contributed by atoms with E-state index < -0.39 is 0 Å². The highest BCUT2D eigenvalue weighted by Crippen LogP contribution is 2.45. The molecule has 0 radical (unpaired) electrons. The summed E-state index contributed by atoms with van der Waals surface area (Å²) >= 11 is 7.40. The molecule has 1 aliphatic carbocycles. The molecule has 2 nitrogen and oxygen atoms in total. The molecule has 5 rings (SSSR count). The van der Waals surface area contributed by atoms with Crippen LogP contribution in [-0.2, 0) is 6.42 Å². The van der Waals surface area contributed by atoms with Gasteiger partial charge in [0.1, 0.15) is 12.4 Å². The number of hydrogen-bond donors (Lipinski definition) is 1. The minimum atomic E-state index is 0.0169. The van der Waals surface area contributed by atoms with Crippen molar-refractivity contribution in [2.45, 2.75) is 6.42 Å². The summed E-state index contributed by atoms with van der Waals surface area (Å²) < 4.78 is 7.78. The van der Waals surface area contributed by atoms with Crippen LogP contribution in [0.3, 0.4) is 0 Å². The van der Waals surface area contributed by atoms with Crippen molar-refractivity contribution in [1.82, 2.24) is 0 Å². The molecule has 4 heteroatoms. The Morgan fingerprint density at radius 3 is 2.48 bits per heavy atom. The van der Waals surface area contributed by atoms with E-state index in [1.54, 1.807) is 0 Å². The molecule has 0 unspecified atom stereocenters. The SMILES string of the molecule is OCCOc1ccc2cc(-c3c(Br)ccc4c3Cc3cc(Br)ccc3-4)ccc2c1. The predicted molar refractivity (Wildman–Crippen MR) is 126 cm³/mol. The van der Waals surface area contributed by atoms with E-state index in [9.17, 15) is 0 Å². The largest absolute Gasteiger partial charge is 0.491 e. The van der Waals surface area contributed by atoms with E-state index in [4.69, 9.17) is 9.84 Å². The number of halogens is 2. The summed E-state index contributed by atoms with van der Waals surface area (Å²) in [5.41, 5.74) is 7.84. The molecule has 0 aromatic heterocycles. The van der Waals surface area contributed by atoms with Gasteiger partial charge in [0.05, 0.1) is 6.61 Å². The summed E-state index contributed by atoms with van der Waals surface area (Å²) in [7, 11) is 0. The molecule has 144 valence electrons. The zero-order valence-corrected chi connectivity index (χ0v) is 18.8. The maximum Gasteiger partial charge on any atom is 0.120 e. The van der Waals surface area contributed by atoms with Crippen LogP contribution < -0.4 is 4.74 Å². The van der Waals surface area contributed by atoms with Gasteiger partial charge in [-0.15, -0.1) is 0 Å². The van der Waals surface area contributed by atoms with Crippen LogP contribution in [0.5, 0.6) is 5.75 Å². The lowest BCUT2D eigenvalue weighted by Crippen LogP contribution is -2.01. The number of aliphatic hydroxyl groups is 1. The molecule has 0 amide bonds. The molecular formula is C25H18Br2O2. The molecule has 29 heavy (non-hydrogen) atoms. The fourth-order valence-corrected chi connectivity index (χ4v) is 5.17. The number of fused-ring (bicyclic) bond motifs is 4. The van der Waals surface area contributed by atoms with E-state index >= 15 is 0 Å². The van der Waals surface area contributed by atoms with Gasteiger partial charge in [0.2, 0.25) is 0 Å². The molecule has 1 N–H and O–H groups in total. The second kappa shape index (κ2) is 7.60. The third-order valence-corrected chi connectivity index (χ3v) is 6.60. The first-order chi connectivity index (χ1) is 14.1. The van der Waals surface area contributed by atoms with Gasteiger partial charge in [-0.25, -0.2) is 0 Å². The van der Waals surface area contributed by atoms with Gasteiger partial charge in [-0.2, -0.15) is 0 Å². The highest BCUT2D eigenvalue weighted by Gasteiger charge is 2.23. The van der Waals surface area contributed by atoms with Crippen LogP contribution in [-0.4, -0.2) is 18.3 Å². The molecule has 0 spiro atoms. The fourth-order valence-electron chi connectivity index (χ4n) is 4.16. The Bertz CT molecular complexity index is 1250. The average molecular weight is 510 g/mol. The van der Waals surface area contributed by atoms with Crippen molar-refractivity contribution in [1.29, 1.82) is 0 Å². The van der Waals surface area contributed by atoms with Crippen molar-refractivity contribution >= 4 is 42.6 Å². The highest BCUT2D eigenvalue weighted by molar-refractivity contribution is 9.10. The molecule has 0 bridgehead atoms. The normalized spacial score (nSPS) is 12.1. The summed E-state index contributed by atoms with van der Waals surface area (Å²) in [4.78, 5) is 0. The maximum absolute atomic E-state index is 8.95. The van der Waals surface area contributed by atoms with Gasteiger partial charge in [0, 0.05) is 14.5 Å². The van der Waals surface area contributed by atoms with E-state index in [1.165, 1.54) is 38.8 Å². The van der Waals surface area contributed by atoms with Gasteiger partial charge in [-0.05, 0) is 81.4 Å². The van der Waals surface area contributed by atoms with Gasteiger partial charge < -0.3 is 9.84 Å². The first-order valence-electron chi connectivity index (χ1n) is 9.52.